The molecule has 0 amide bonds. The van der Waals surface area contributed by atoms with Gasteiger partial charge in [-0.15, -0.1) is 0 Å². The fourth-order valence-electron chi connectivity index (χ4n) is 2.26. The van der Waals surface area contributed by atoms with Gasteiger partial charge in [0.1, 0.15) is 5.82 Å². The van der Waals surface area contributed by atoms with Crippen LogP contribution in [0.4, 0.5) is 4.39 Å². The maximum Gasteiger partial charge on any atom is 0.123 e. The highest BCUT2D eigenvalue weighted by atomic mass is 19.1. The first kappa shape index (κ1) is 12.5. The van der Waals surface area contributed by atoms with Gasteiger partial charge in [-0.2, -0.15) is 0 Å². The van der Waals surface area contributed by atoms with Crippen LogP contribution in [0.25, 0.3) is 0 Å². The van der Waals surface area contributed by atoms with E-state index in [1.165, 1.54) is 12.5 Å². The van der Waals surface area contributed by atoms with Crippen LogP contribution in [-0.2, 0) is 6.42 Å². The molecule has 0 aromatic heterocycles. The second-order valence-electron chi connectivity index (χ2n) is 4.87. The van der Waals surface area contributed by atoms with E-state index in [0.717, 1.165) is 38.2 Å². The molecule has 0 radical (unpaired) electrons. The van der Waals surface area contributed by atoms with Crippen molar-refractivity contribution >= 4 is 0 Å². The van der Waals surface area contributed by atoms with Gasteiger partial charge in [0.05, 0.1) is 0 Å². The standard InChI is InChI=1S/C14H21FN2/c1-12-5-8-17(10-7-16-12)9-6-13-3-2-4-14(15)11-13/h2-4,11-12,16H,5-10H2,1H3. The Kier molecular flexibility index (Phi) is 4.51. The van der Waals surface area contributed by atoms with E-state index >= 15 is 0 Å². The van der Waals surface area contributed by atoms with Gasteiger partial charge in [-0.1, -0.05) is 12.1 Å². The zero-order valence-electron chi connectivity index (χ0n) is 10.5. The Labute approximate surface area is 103 Å². The maximum atomic E-state index is 13.0. The Balaban J connectivity index is 1.81. The first-order valence-electron chi connectivity index (χ1n) is 6.44. The number of hydrogen-bond donors (Lipinski definition) is 1. The van der Waals surface area contributed by atoms with E-state index in [9.17, 15) is 4.39 Å². The number of rotatable bonds is 3. The monoisotopic (exact) mass is 236 g/mol. The molecule has 2 nitrogen and oxygen atoms in total. The van der Waals surface area contributed by atoms with Crippen LogP contribution in [0.15, 0.2) is 24.3 Å². The molecule has 0 saturated carbocycles. The fourth-order valence-corrected chi connectivity index (χ4v) is 2.26. The third-order valence-corrected chi connectivity index (χ3v) is 3.40. The molecule has 3 heteroatoms. The number of halogens is 1. The molecule has 1 aliphatic rings. The second-order valence-corrected chi connectivity index (χ2v) is 4.87. The summed E-state index contributed by atoms with van der Waals surface area (Å²) < 4.78 is 13.0. The SMILES string of the molecule is CC1CCN(CCc2cccc(F)c2)CCN1. The van der Waals surface area contributed by atoms with E-state index in [0.29, 0.717) is 6.04 Å². The molecule has 0 spiro atoms. The highest BCUT2D eigenvalue weighted by Crippen LogP contribution is 2.07. The minimum absolute atomic E-state index is 0.131. The Morgan fingerprint density at radius 3 is 3.12 bits per heavy atom. The quantitative estimate of drug-likeness (QED) is 0.864. The smallest absolute Gasteiger partial charge is 0.123 e. The van der Waals surface area contributed by atoms with Crippen molar-refractivity contribution in [2.45, 2.75) is 25.8 Å². The normalized spacial score (nSPS) is 22.4. The first-order valence-corrected chi connectivity index (χ1v) is 6.44. The van der Waals surface area contributed by atoms with E-state index < -0.39 is 0 Å². The second kappa shape index (κ2) is 6.12. The van der Waals surface area contributed by atoms with Gasteiger partial charge in [-0.25, -0.2) is 4.39 Å². The number of nitrogens with one attached hydrogen (secondary N) is 1. The van der Waals surface area contributed by atoms with Crippen LogP contribution in [0.3, 0.4) is 0 Å². The summed E-state index contributed by atoms with van der Waals surface area (Å²) in [6.45, 7) is 6.56. The summed E-state index contributed by atoms with van der Waals surface area (Å²) in [5, 5.41) is 3.48. The molecule has 0 aliphatic carbocycles. The molecule has 2 rings (SSSR count). The Bertz CT molecular complexity index is 354. The molecule has 1 unspecified atom stereocenters. The van der Waals surface area contributed by atoms with Crippen LogP contribution < -0.4 is 5.32 Å². The van der Waals surface area contributed by atoms with E-state index in [4.69, 9.17) is 0 Å². The molecule has 1 aliphatic heterocycles. The van der Waals surface area contributed by atoms with E-state index in [1.807, 2.05) is 6.07 Å². The molecule has 1 saturated heterocycles. The number of hydrogen-bond acceptors (Lipinski definition) is 2. The van der Waals surface area contributed by atoms with Gasteiger partial charge in [-0.05, 0) is 44.0 Å². The van der Waals surface area contributed by atoms with E-state index in [-0.39, 0.29) is 5.82 Å². The lowest BCUT2D eigenvalue weighted by Gasteiger charge is -2.19. The largest absolute Gasteiger partial charge is 0.313 e. The van der Waals surface area contributed by atoms with Crippen molar-refractivity contribution in [3.05, 3.63) is 35.6 Å². The van der Waals surface area contributed by atoms with Crippen molar-refractivity contribution in [1.29, 1.82) is 0 Å². The summed E-state index contributed by atoms with van der Waals surface area (Å²) in [7, 11) is 0. The molecule has 1 aromatic rings. The van der Waals surface area contributed by atoms with Crippen molar-refractivity contribution in [2.75, 3.05) is 26.2 Å². The minimum atomic E-state index is -0.131. The van der Waals surface area contributed by atoms with Crippen LogP contribution in [0, 0.1) is 5.82 Å². The lowest BCUT2D eigenvalue weighted by molar-refractivity contribution is 0.294. The van der Waals surface area contributed by atoms with Crippen molar-refractivity contribution < 1.29 is 4.39 Å². The van der Waals surface area contributed by atoms with Crippen molar-refractivity contribution in [3.63, 3.8) is 0 Å². The predicted molar refractivity (Wildman–Crippen MR) is 68.6 cm³/mol. The summed E-state index contributed by atoms with van der Waals surface area (Å²) in [5.74, 6) is -0.131. The maximum absolute atomic E-state index is 13.0. The molecule has 94 valence electrons. The van der Waals surface area contributed by atoms with Crippen LogP contribution in [-0.4, -0.2) is 37.1 Å². The van der Waals surface area contributed by atoms with Crippen LogP contribution >= 0.6 is 0 Å². The first-order chi connectivity index (χ1) is 8.24. The third kappa shape index (κ3) is 4.10. The lowest BCUT2D eigenvalue weighted by Crippen LogP contribution is -2.30. The number of benzene rings is 1. The molecular weight excluding hydrogens is 215 g/mol. The van der Waals surface area contributed by atoms with Gasteiger partial charge in [-0.3, -0.25) is 0 Å². The topological polar surface area (TPSA) is 15.3 Å². The van der Waals surface area contributed by atoms with E-state index in [2.05, 4.69) is 17.1 Å². The predicted octanol–water partition coefficient (Wildman–Crippen LogP) is 2.05. The summed E-state index contributed by atoms with van der Waals surface area (Å²) in [4.78, 5) is 2.46. The van der Waals surface area contributed by atoms with Crippen molar-refractivity contribution in [3.8, 4) is 0 Å². The zero-order valence-corrected chi connectivity index (χ0v) is 10.5. The summed E-state index contributed by atoms with van der Waals surface area (Å²) in [6.07, 6.45) is 2.13. The third-order valence-electron chi connectivity index (χ3n) is 3.40. The molecule has 1 atom stereocenters. The van der Waals surface area contributed by atoms with Crippen molar-refractivity contribution in [2.24, 2.45) is 0 Å². The zero-order chi connectivity index (χ0) is 12.1. The van der Waals surface area contributed by atoms with Crippen LogP contribution in [0.2, 0.25) is 0 Å². The Hall–Kier alpha value is -0.930. The minimum Gasteiger partial charge on any atom is -0.313 e. The molecule has 1 heterocycles. The molecule has 1 N–H and O–H groups in total. The van der Waals surface area contributed by atoms with E-state index in [1.54, 1.807) is 12.1 Å². The summed E-state index contributed by atoms with van der Waals surface area (Å²) in [6, 6.07) is 7.55. The van der Waals surface area contributed by atoms with Crippen LogP contribution in [0.5, 0.6) is 0 Å². The van der Waals surface area contributed by atoms with Gasteiger partial charge in [0.25, 0.3) is 0 Å². The number of nitrogens with zero attached hydrogens (tertiary/aromatic N) is 1. The van der Waals surface area contributed by atoms with Crippen molar-refractivity contribution in [1.82, 2.24) is 10.2 Å². The highest BCUT2D eigenvalue weighted by Gasteiger charge is 2.12. The molecule has 17 heavy (non-hydrogen) atoms. The average molecular weight is 236 g/mol. The Morgan fingerprint density at radius 1 is 1.41 bits per heavy atom. The highest BCUT2D eigenvalue weighted by molar-refractivity contribution is 5.16. The van der Waals surface area contributed by atoms with Gasteiger partial charge in [0.15, 0.2) is 0 Å². The average Bonchev–Trinajstić information content (AvgIpc) is 2.52. The van der Waals surface area contributed by atoms with Gasteiger partial charge < -0.3 is 10.2 Å². The van der Waals surface area contributed by atoms with Gasteiger partial charge in [0, 0.05) is 25.7 Å². The molecule has 1 aromatic carbocycles. The van der Waals surface area contributed by atoms with Gasteiger partial charge in [0.2, 0.25) is 0 Å². The molecule has 1 fully saturated rings. The lowest BCUT2D eigenvalue weighted by atomic mass is 10.1. The Morgan fingerprint density at radius 2 is 2.29 bits per heavy atom. The fraction of sp³-hybridized carbons (Fsp3) is 0.571. The summed E-state index contributed by atoms with van der Waals surface area (Å²) in [5.41, 5.74) is 1.09. The van der Waals surface area contributed by atoms with Crippen LogP contribution in [0.1, 0.15) is 18.9 Å². The van der Waals surface area contributed by atoms with Gasteiger partial charge >= 0.3 is 0 Å². The molecular formula is C14H21FN2. The summed E-state index contributed by atoms with van der Waals surface area (Å²) >= 11 is 0. The molecule has 0 bridgehead atoms.